The molecule has 5 nitrogen and oxygen atoms in total. The molecule has 1 aromatic carbocycles. The van der Waals surface area contributed by atoms with Crippen LogP contribution in [0.15, 0.2) is 36.9 Å². The molecule has 1 aliphatic rings. The van der Waals surface area contributed by atoms with Crippen LogP contribution in [0.1, 0.15) is 29.6 Å². The molecule has 1 heterocycles. The third-order valence-electron chi connectivity index (χ3n) is 3.42. The van der Waals surface area contributed by atoms with E-state index in [2.05, 4.69) is 17.2 Å². The number of likely N-dealkylation sites (tertiary alicyclic amines) is 1. The third-order valence-corrected chi connectivity index (χ3v) is 3.42. The minimum Gasteiger partial charge on any atom is -0.339 e. The van der Waals surface area contributed by atoms with Crippen LogP contribution in [0, 0.1) is 0 Å². The quantitative estimate of drug-likeness (QED) is 0.836. The molecule has 0 radical (unpaired) electrons. The van der Waals surface area contributed by atoms with E-state index in [9.17, 15) is 9.59 Å². The Morgan fingerprint density at radius 3 is 2.71 bits per heavy atom. The van der Waals surface area contributed by atoms with Gasteiger partial charge in [-0.05, 0) is 37.5 Å². The average Bonchev–Trinajstić information content (AvgIpc) is 2.53. The predicted octanol–water partition coefficient (Wildman–Crippen LogP) is 2.62. The molecular weight excluding hydrogens is 266 g/mol. The van der Waals surface area contributed by atoms with Gasteiger partial charge in [-0.3, -0.25) is 4.79 Å². The van der Waals surface area contributed by atoms with Gasteiger partial charge in [0.25, 0.3) is 5.91 Å². The van der Waals surface area contributed by atoms with Crippen molar-refractivity contribution in [3.63, 3.8) is 0 Å². The van der Waals surface area contributed by atoms with Gasteiger partial charge in [-0.15, -0.1) is 6.58 Å². The van der Waals surface area contributed by atoms with Crippen molar-refractivity contribution in [2.24, 2.45) is 0 Å². The summed E-state index contributed by atoms with van der Waals surface area (Å²) in [7, 11) is 0. The lowest BCUT2D eigenvalue weighted by Gasteiger charge is -2.26. The zero-order valence-corrected chi connectivity index (χ0v) is 12.1. The normalized spacial score (nSPS) is 14.4. The summed E-state index contributed by atoms with van der Waals surface area (Å²) in [5.74, 6) is 0.0323. The largest absolute Gasteiger partial charge is 0.339 e. The van der Waals surface area contributed by atoms with Gasteiger partial charge in [0.15, 0.2) is 0 Å². The molecule has 0 bridgehead atoms. The highest BCUT2D eigenvalue weighted by Crippen LogP contribution is 2.16. The van der Waals surface area contributed by atoms with Crippen LogP contribution >= 0.6 is 0 Å². The van der Waals surface area contributed by atoms with Crippen molar-refractivity contribution in [2.45, 2.75) is 19.3 Å². The van der Waals surface area contributed by atoms with E-state index in [1.54, 1.807) is 30.3 Å². The molecule has 5 heteroatoms. The lowest BCUT2D eigenvalue weighted by Crippen LogP contribution is -2.35. The second kappa shape index (κ2) is 7.47. The lowest BCUT2D eigenvalue weighted by molar-refractivity contribution is 0.0724. The molecular formula is C16H21N3O2. The Morgan fingerprint density at radius 1 is 1.24 bits per heavy atom. The van der Waals surface area contributed by atoms with E-state index < -0.39 is 0 Å². The molecule has 0 aromatic heterocycles. The van der Waals surface area contributed by atoms with Gasteiger partial charge in [0.05, 0.1) is 0 Å². The van der Waals surface area contributed by atoms with Gasteiger partial charge >= 0.3 is 6.03 Å². The second-order valence-corrected chi connectivity index (χ2v) is 5.06. The van der Waals surface area contributed by atoms with Crippen LogP contribution in [0.3, 0.4) is 0 Å². The van der Waals surface area contributed by atoms with Crippen LogP contribution < -0.4 is 10.6 Å². The van der Waals surface area contributed by atoms with Gasteiger partial charge in [-0.25, -0.2) is 4.79 Å². The van der Waals surface area contributed by atoms with Gasteiger partial charge in [-0.1, -0.05) is 12.1 Å². The summed E-state index contributed by atoms with van der Waals surface area (Å²) in [6, 6.07) is 6.73. The Balaban J connectivity index is 2.01. The molecule has 0 atom stereocenters. The first-order valence-corrected chi connectivity index (χ1v) is 7.26. The molecule has 2 N–H and O–H groups in total. The fraction of sp³-hybridized carbons (Fsp3) is 0.375. The SMILES string of the molecule is C=CCNC(=O)Nc1cccc(C(=O)N2CCCCC2)c1. The van der Waals surface area contributed by atoms with Crippen LogP contribution in [0.5, 0.6) is 0 Å². The van der Waals surface area contributed by atoms with Gasteiger partial charge in [-0.2, -0.15) is 0 Å². The summed E-state index contributed by atoms with van der Waals surface area (Å²) in [6.07, 6.45) is 4.92. The van der Waals surface area contributed by atoms with Gasteiger partial charge in [0.2, 0.25) is 0 Å². The Kier molecular flexibility index (Phi) is 5.37. The van der Waals surface area contributed by atoms with Crippen LogP contribution in [0.25, 0.3) is 0 Å². The van der Waals surface area contributed by atoms with Gasteiger partial charge < -0.3 is 15.5 Å². The predicted molar refractivity (Wildman–Crippen MR) is 83.4 cm³/mol. The van der Waals surface area contributed by atoms with Crippen molar-refractivity contribution in [3.8, 4) is 0 Å². The first-order valence-electron chi connectivity index (χ1n) is 7.26. The Hall–Kier alpha value is -2.30. The van der Waals surface area contributed by atoms with E-state index in [4.69, 9.17) is 0 Å². The fourth-order valence-electron chi connectivity index (χ4n) is 2.35. The molecule has 0 saturated carbocycles. The number of amides is 3. The zero-order chi connectivity index (χ0) is 15.1. The molecule has 1 saturated heterocycles. The monoisotopic (exact) mass is 287 g/mol. The maximum Gasteiger partial charge on any atom is 0.319 e. The average molecular weight is 287 g/mol. The smallest absolute Gasteiger partial charge is 0.319 e. The summed E-state index contributed by atoms with van der Waals surface area (Å²) in [5, 5.41) is 5.34. The van der Waals surface area contributed by atoms with E-state index in [1.807, 2.05) is 4.90 Å². The number of carbonyl (C=O) groups is 2. The number of piperidine rings is 1. The second-order valence-electron chi connectivity index (χ2n) is 5.06. The number of urea groups is 1. The van der Waals surface area contributed by atoms with Gasteiger partial charge in [0, 0.05) is 30.9 Å². The van der Waals surface area contributed by atoms with Crippen molar-refractivity contribution >= 4 is 17.6 Å². The first-order chi connectivity index (χ1) is 10.2. The van der Waals surface area contributed by atoms with Crippen molar-refractivity contribution in [2.75, 3.05) is 25.0 Å². The lowest BCUT2D eigenvalue weighted by atomic mass is 10.1. The zero-order valence-electron chi connectivity index (χ0n) is 12.1. The summed E-state index contributed by atoms with van der Waals surface area (Å²) in [5.41, 5.74) is 1.22. The Labute approximate surface area is 125 Å². The topological polar surface area (TPSA) is 61.4 Å². The number of hydrogen-bond donors (Lipinski definition) is 2. The highest BCUT2D eigenvalue weighted by molar-refractivity contribution is 5.97. The number of anilines is 1. The van der Waals surface area contributed by atoms with Crippen LogP contribution in [0.2, 0.25) is 0 Å². The first kappa shape index (κ1) is 15.1. The van der Waals surface area contributed by atoms with Crippen LogP contribution in [0.4, 0.5) is 10.5 Å². The number of hydrogen-bond acceptors (Lipinski definition) is 2. The molecule has 0 spiro atoms. The minimum absolute atomic E-state index is 0.0323. The van der Waals surface area contributed by atoms with E-state index in [-0.39, 0.29) is 11.9 Å². The Bertz CT molecular complexity index is 522. The molecule has 1 fully saturated rings. The van der Waals surface area contributed by atoms with Crippen molar-refractivity contribution < 1.29 is 9.59 Å². The molecule has 2 rings (SSSR count). The van der Waals surface area contributed by atoms with Crippen LogP contribution in [-0.2, 0) is 0 Å². The van der Waals surface area contributed by atoms with E-state index in [0.29, 0.717) is 17.8 Å². The Morgan fingerprint density at radius 2 is 2.00 bits per heavy atom. The maximum absolute atomic E-state index is 12.4. The van der Waals surface area contributed by atoms with Crippen molar-refractivity contribution in [1.82, 2.24) is 10.2 Å². The molecule has 0 unspecified atom stereocenters. The molecule has 21 heavy (non-hydrogen) atoms. The van der Waals surface area contributed by atoms with Gasteiger partial charge in [0.1, 0.15) is 0 Å². The van der Waals surface area contributed by atoms with Crippen molar-refractivity contribution in [3.05, 3.63) is 42.5 Å². The van der Waals surface area contributed by atoms with E-state index >= 15 is 0 Å². The molecule has 3 amide bonds. The number of carbonyl (C=O) groups excluding carboxylic acids is 2. The van der Waals surface area contributed by atoms with Crippen molar-refractivity contribution in [1.29, 1.82) is 0 Å². The summed E-state index contributed by atoms with van der Waals surface area (Å²) in [6.45, 7) is 5.57. The minimum atomic E-state index is -0.308. The van der Waals surface area contributed by atoms with E-state index in [1.165, 1.54) is 6.42 Å². The summed E-state index contributed by atoms with van der Waals surface area (Å²) < 4.78 is 0. The molecule has 1 aromatic rings. The standard InChI is InChI=1S/C16H21N3O2/c1-2-9-17-16(21)18-14-8-6-7-13(12-14)15(20)19-10-4-3-5-11-19/h2,6-8,12H,1,3-5,9-11H2,(H2,17,18,21). The maximum atomic E-state index is 12.4. The molecule has 0 aliphatic carbocycles. The number of benzene rings is 1. The third kappa shape index (κ3) is 4.34. The molecule has 1 aliphatic heterocycles. The molecule has 112 valence electrons. The highest BCUT2D eigenvalue weighted by Gasteiger charge is 2.18. The van der Waals surface area contributed by atoms with Crippen LogP contribution in [-0.4, -0.2) is 36.5 Å². The highest BCUT2D eigenvalue weighted by atomic mass is 16.2. The summed E-state index contributed by atoms with van der Waals surface area (Å²) in [4.78, 5) is 25.9. The number of nitrogens with zero attached hydrogens (tertiary/aromatic N) is 1. The van der Waals surface area contributed by atoms with E-state index in [0.717, 1.165) is 25.9 Å². The fourth-order valence-corrected chi connectivity index (χ4v) is 2.35. The number of rotatable bonds is 4. The number of nitrogens with one attached hydrogen (secondary N) is 2. The summed E-state index contributed by atoms with van der Waals surface area (Å²) >= 11 is 0.